The van der Waals surface area contributed by atoms with Crippen molar-refractivity contribution in [2.24, 2.45) is 0 Å². The number of carbonyl (C=O) groups excluding carboxylic acids is 4. The van der Waals surface area contributed by atoms with E-state index in [0.717, 1.165) is 23.4 Å². The average Bonchev–Trinajstić information content (AvgIpc) is 3.28. The number of amides is 8. The lowest BCUT2D eigenvalue weighted by atomic mass is 9.96. The number of urea groups is 4. The zero-order chi connectivity index (χ0) is 42.3. The molecular weight excluding hydrogens is 729 g/mol. The van der Waals surface area contributed by atoms with Crippen LogP contribution >= 0.6 is 0 Å². The fraction of sp³-hybridized carbons (Fsp3) is 0.261. The van der Waals surface area contributed by atoms with Gasteiger partial charge in [-0.1, -0.05) is 68.4 Å². The van der Waals surface area contributed by atoms with E-state index in [1.54, 1.807) is 120 Å². The maximum absolute atomic E-state index is 13.9. The Morgan fingerprint density at radius 1 is 0.379 bits per heavy atom. The van der Waals surface area contributed by atoms with Gasteiger partial charge in [-0.25, -0.2) is 19.2 Å². The standard InChI is InChI=1S/C46H54N8O4/c1-11-33(2)41-28-15-16-29-42(41)54(10)46(58)53(9)40-27-19-26-39(32-40)52(8)45(57)51(7)38-25-18-24-37(31-38)50(6)44(56)49(5)36-23-17-22-35(30-36)48(4)43(55)47(3)34-20-13-12-14-21-34/h12-33H,11H2,1-10H3. The second kappa shape index (κ2) is 18.4. The molecule has 0 fully saturated rings. The molecule has 0 aliphatic carbocycles. The van der Waals surface area contributed by atoms with Gasteiger partial charge in [-0.2, -0.15) is 0 Å². The molecule has 0 aliphatic rings. The second-order valence-electron chi connectivity index (χ2n) is 14.4. The Morgan fingerprint density at radius 3 is 1.00 bits per heavy atom. The van der Waals surface area contributed by atoms with Crippen LogP contribution < -0.4 is 39.2 Å². The van der Waals surface area contributed by atoms with Gasteiger partial charge in [0.05, 0.1) is 0 Å². The number of para-hydroxylation sites is 2. The number of nitrogens with zero attached hydrogens (tertiary/aromatic N) is 8. The molecule has 58 heavy (non-hydrogen) atoms. The van der Waals surface area contributed by atoms with Gasteiger partial charge in [0.2, 0.25) is 0 Å². The maximum Gasteiger partial charge on any atom is 0.328 e. The number of carbonyl (C=O) groups is 4. The van der Waals surface area contributed by atoms with Crippen LogP contribution in [0.5, 0.6) is 0 Å². The summed E-state index contributed by atoms with van der Waals surface area (Å²) >= 11 is 0. The molecule has 0 bridgehead atoms. The van der Waals surface area contributed by atoms with Crippen molar-refractivity contribution in [2.45, 2.75) is 26.2 Å². The minimum absolute atomic E-state index is 0.207. The summed E-state index contributed by atoms with van der Waals surface area (Å²) in [5.74, 6) is 0.294. The fourth-order valence-electron chi connectivity index (χ4n) is 6.59. The lowest BCUT2D eigenvalue weighted by molar-refractivity contribution is 0.253. The van der Waals surface area contributed by atoms with Crippen LogP contribution in [0.25, 0.3) is 0 Å². The molecule has 0 spiro atoms. The lowest BCUT2D eigenvalue weighted by Gasteiger charge is -2.30. The van der Waals surface area contributed by atoms with Gasteiger partial charge in [0.25, 0.3) is 0 Å². The highest BCUT2D eigenvalue weighted by molar-refractivity contribution is 6.07. The number of anilines is 8. The minimum Gasteiger partial charge on any atom is -0.297 e. The van der Waals surface area contributed by atoms with Crippen LogP contribution in [0.1, 0.15) is 31.7 Å². The summed E-state index contributed by atoms with van der Waals surface area (Å²) in [5, 5.41) is 0. The number of rotatable bonds is 10. The van der Waals surface area contributed by atoms with Gasteiger partial charge >= 0.3 is 24.1 Å². The van der Waals surface area contributed by atoms with E-state index < -0.39 is 0 Å². The van der Waals surface area contributed by atoms with E-state index in [4.69, 9.17) is 0 Å². The summed E-state index contributed by atoms with van der Waals surface area (Å²) in [6.45, 7) is 4.28. The van der Waals surface area contributed by atoms with Crippen molar-refractivity contribution in [3.05, 3.63) is 133 Å². The Hall–Kier alpha value is -6.82. The van der Waals surface area contributed by atoms with Crippen LogP contribution in [0.3, 0.4) is 0 Å². The molecule has 12 heteroatoms. The van der Waals surface area contributed by atoms with E-state index in [2.05, 4.69) is 19.9 Å². The van der Waals surface area contributed by atoms with Gasteiger partial charge in [0.1, 0.15) is 0 Å². The Kier molecular flexibility index (Phi) is 13.4. The molecule has 0 N–H and O–H groups in total. The third-order valence-electron chi connectivity index (χ3n) is 10.7. The number of hydrogen-bond acceptors (Lipinski definition) is 4. The van der Waals surface area contributed by atoms with Crippen LogP contribution in [-0.4, -0.2) is 80.5 Å². The zero-order valence-electron chi connectivity index (χ0n) is 35.1. The Bertz CT molecular complexity index is 2250. The van der Waals surface area contributed by atoms with E-state index in [1.165, 1.54) is 24.5 Å². The largest absolute Gasteiger partial charge is 0.328 e. The van der Waals surface area contributed by atoms with Crippen LogP contribution in [0, 0.1) is 0 Å². The summed E-state index contributed by atoms with van der Waals surface area (Å²) in [6, 6.07) is 37.9. The molecule has 12 nitrogen and oxygen atoms in total. The first kappa shape index (κ1) is 42.3. The van der Waals surface area contributed by atoms with Crippen LogP contribution in [0.15, 0.2) is 127 Å². The third kappa shape index (κ3) is 9.07. The van der Waals surface area contributed by atoms with Crippen LogP contribution in [-0.2, 0) is 0 Å². The van der Waals surface area contributed by atoms with Gasteiger partial charge in [-0.15, -0.1) is 0 Å². The molecule has 0 saturated carbocycles. The Morgan fingerprint density at radius 2 is 0.655 bits per heavy atom. The molecule has 0 saturated heterocycles. The summed E-state index contributed by atoms with van der Waals surface area (Å²) < 4.78 is 0. The normalized spacial score (nSPS) is 11.2. The highest BCUT2D eigenvalue weighted by atomic mass is 16.2. The Balaban J connectivity index is 1.27. The van der Waals surface area contributed by atoms with Gasteiger partial charge < -0.3 is 0 Å². The van der Waals surface area contributed by atoms with Gasteiger partial charge in [0.15, 0.2) is 0 Å². The summed E-state index contributed by atoms with van der Waals surface area (Å²) in [5.41, 5.74) is 6.33. The monoisotopic (exact) mass is 782 g/mol. The van der Waals surface area contributed by atoms with E-state index in [0.29, 0.717) is 40.0 Å². The maximum atomic E-state index is 13.9. The highest BCUT2D eigenvalue weighted by Crippen LogP contribution is 2.32. The van der Waals surface area contributed by atoms with Crippen molar-refractivity contribution in [1.29, 1.82) is 0 Å². The van der Waals surface area contributed by atoms with E-state index in [-0.39, 0.29) is 24.1 Å². The van der Waals surface area contributed by atoms with Crippen molar-refractivity contribution in [2.75, 3.05) is 95.6 Å². The smallest absolute Gasteiger partial charge is 0.297 e. The quantitative estimate of drug-likeness (QED) is 0.141. The van der Waals surface area contributed by atoms with E-state index in [1.807, 2.05) is 72.8 Å². The molecule has 0 radical (unpaired) electrons. The van der Waals surface area contributed by atoms with Gasteiger partial charge in [-0.05, 0) is 90.7 Å². The summed E-state index contributed by atoms with van der Waals surface area (Å²) in [6.07, 6.45) is 0.953. The number of hydrogen-bond donors (Lipinski definition) is 0. The van der Waals surface area contributed by atoms with Gasteiger partial charge in [-0.3, -0.25) is 39.2 Å². The first-order valence-corrected chi connectivity index (χ1v) is 19.2. The summed E-state index contributed by atoms with van der Waals surface area (Å²) in [7, 11) is 13.6. The first-order chi connectivity index (χ1) is 27.7. The lowest BCUT2D eigenvalue weighted by Crippen LogP contribution is -2.41. The van der Waals surface area contributed by atoms with E-state index >= 15 is 0 Å². The average molecular weight is 783 g/mol. The van der Waals surface area contributed by atoms with Gasteiger partial charge in [0, 0.05) is 102 Å². The molecule has 0 aromatic heterocycles. The highest BCUT2D eigenvalue weighted by Gasteiger charge is 2.25. The van der Waals surface area contributed by atoms with Crippen molar-refractivity contribution in [3.8, 4) is 0 Å². The van der Waals surface area contributed by atoms with Crippen LogP contribution in [0.4, 0.5) is 64.7 Å². The molecule has 5 rings (SSSR count). The second-order valence-corrected chi connectivity index (χ2v) is 14.4. The minimum atomic E-state index is -0.319. The van der Waals surface area contributed by atoms with E-state index in [9.17, 15) is 19.2 Å². The Labute approximate surface area is 342 Å². The molecule has 0 heterocycles. The number of benzene rings is 5. The van der Waals surface area contributed by atoms with Crippen molar-refractivity contribution in [1.82, 2.24) is 0 Å². The first-order valence-electron chi connectivity index (χ1n) is 19.2. The zero-order valence-corrected chi connectivity index (χ0v) is 35.1. The van der Waals surface area contributed by atoms with Crippen molar-refractivity contribution < 1.29 is 19.2 Å². The summed E-state index contributed by atoms with van der Waals surface area (Å²) in [4.78, 5) is 67.1. The predicted octanol–water partition coefficient (Wildman–Crippen LogP) is 9.97. The molecule has 1 atom stereocenters. The van der Waals surface area contributed by atoms with Crippen molar-refractivity contribution >= 4 is 69.6 Å². The molecule has 5 aromatic carbocycles. The fourth-order valence-corrected chi connectivity index (χ4v) is 6.59. The predicted molar refractivity (Wildman–Crippen MR) is 240 cm³/mol. The molecular formula is C46H54N8O4. The molecule has 8 amide bonds. The molecule has 0 aliphatic heterocycles. The molecule has 5 aromatic rings. The third-order valence-corrected chi connectivity index (χ3v) is 10.7. The molecule has 1 unspecified atom stereocenters. The SMILES string of the molecule is CCC(C)c1ccccc1N(C)C(=O)N(C)c1cccc(N(C)C(=O)N(C)c2cccc(N(C)C(=O)N(C)c3cccc(N(C)C(=O)N(C)c4ccccc4)c3)c2)c1. The van der Waals surface area contributed by atoms with Crippen molar-refractivity contribution in [3.63, 3.8) is 0 Å². The molecule has 302 valence electrons. The topological polar surface area (TPSA) is 94.2 Å². The van der Waals surface area contributed by atoms with Crippen LogP contribution in [0.2, 0.25) is 0 Å².